The molecular formula is C14H21NO4S. The van der Waals surface area contributed by atoms with Crippen LogP contribution in [0.2, 0.25) is 0 Å². The highest BCUT2D eigenvalue weighted by molar-refractivity contribution is 7.10. The summed E-state index contributed by atoms with van der Waals surface area (Å²) in [4.78, 5) is 24.1. The Morgan fingerprint density at radius 1 is 1.35 bits per heavy atom. The van der Waals surface area contributed by atoms with Crippen molar-refractivity contribution in [1.82, 2.24) is 5.32 Å². The summed E-state index contributed by atoms with van der Waals surface area (Å²) in [6, 6.07) is 3.82. The maximum atomic E-state index is 11.9. The number of carbonyl (C=O) groups is 2. The molecule has 1 rings (SSSR count). The van der Waals surface area contributed by atoms with Gasteiger partial charge in [-0.05, 0) is 16.9 Å². The number of ether oxygens (including phenoxy) is 2. The first kappa shape index (κ1) is 16.7. The SMILES string of the molecule is COCC(=O)OCC(=O)N[C@H](c1cccs1)C(C)(C)C. The lowest BCUT2D eigenvalue weighted by atomic mass is 9.86. The van der Waals surface area contributed by atoms with E-state index in [9.17, 15) is 9.59 Å². The summed E-state index contributed by atoms with van der Waals surface area (Å²) in [5.41, 5.74) is -0.128. The van der Waals surface area contributed by atoms with Gasteiger partial charge in [-0.1, -0.05) is 26.8 Å². The molecular weight excluding hydrogens is 278 g/mol. The first-order valence-corrected chi connectivity index (χ1v) is 7.20. The zero-order valence-electron chi connectivity index (χ0n) is 12.3. The maximum Gasteiger partial charge on any atom is 0.332 e. The lowest BCUT2D eigenvalue weighted by Gasteiger charge is -2.30. The minimum Gasteiger partial charge on any atom is -0.454 e. The van der Waals surface area contributed by atoms with E-state index in [1.54, 1.807) is 11.3 Å². The number of hydrogen-bond acceptors (Lipinski definition) is 5. The fourth-order valence-corrected chi connectivity index (χ4v) is 2.70. The highest BCUT2D eigenvalue weighted by atomic mass is 32.1. The molecule has 6 heteroatoms. The second-order valence-electron chi connectivity index (χ2n) is 5.48. The molecule has 1 aromatic rings. The van der Waals surface area contributed by atoms with Gasteiger partial charge in [0, 0.05) is 12.0 Å². The quantitative estimate of drug-likeness (QED) is 0.817. The normalized spacial score (nSPS) is 12.8. The smallest absolute Gasteiger partial charge is 0.332 e. The van der Waals surface area contributed by atoms with E-state index in [1.807, 2.05) is 17.5 Å². The van der Waals surface area contributed by atoms with Crippen LogP contribution >= 0.6 is 11.3 Å². The van der Waals surface area contributed by atoms with Crippen molar-refractivity contribution in [2.75, 3.05) is 20.3 Å². The molecule has 1 atom stereocenters. The van der Waals surface area contributed by atoms with Gasteiger partial charge in [0.1, 0.15) is 6.61 Å². The Morgan fingerprint density at radius 2 is 2.05 bits per heavy atom. The van der Waals surface area contributed by atoms with Crippen molar-refractivity contribution < 1.29 is 19.1 Å². The van der Waals surface area contributed by atoms with Crippen LogP contribution in [0.1, 0.15) is 31.7 Å². The van der Waals surface area contributed by atoms with Crippen LogP contribution in [0.5, 0.6) is 0 Å². The first-order valence-electron chi connectivity index (χ1n) is 6.32. The number of rotatable bonds is 6. The van der Waals surface area contributed by atoms with Gasteiger partial charge in [0.2, 0.25) is 0 Å². The molecule has 0 fully saturated rings. The molecule has 0 aromatic carbocycles. The zero-order chi connectivity index (χ0) is 15.2. The fraction of sp³-hybridized carbons (Fsp3) is 0.571. The predicted molar refractivity (Wildman–Crippen MR) is 77.5 cm³/mol. The number of methoxy groups -OCH3 is 1. The Morgan fingerprint density at radius 3 is 2.55 bits per heavy atom. The van der Waals surface area contributed by atoms with E-state index >= 15 is 0 Å². The summed E-state index contributed by atoms with van der Waals surface area (Å²) in [5.74, 6) is -0.867. The number of amides is 1. The van der Waals surface area contributed by atoms with Crippen LogP contribution in [-0.2, 0) is 19.1 Å². The van der Waals surface area contributed by atoms with Crippen LogP contribution in [0.15, 0.2) is 17.5 Å². The number of thiophene rings is 1. The van der Waals surface area contributed by atoms with Crippen molar-refractivity contribution in [2.24, 2.45) is 5.41 Å². The van der Waals surface area contributed by atoms with Crippen molar-refractivity contribution in [3.8, 4) is 0 Å². The van der Waals surface area contributed by atoms with Gasteiger partial charge in [-0.15, -0.1) is 11.3 Å². The first-order chi connectivity index (χ1) is 9.34. The Bertz CT molecular complexity index is 437. The topological polar surface area (TPSA) is 64.6 Å². The Labute approximate surface area is 123 Å². The van der Waals surface area contributed by atoms with Crippen molar-refractivity contribution in [3.63, 3.8) is 0 Å². The summed E-state index contributed by atoms with van der Waals surface area (Å²) in [7, 11) is 1.40. The molecule has 1 N–H and O–H groups in total. The van der Waals surface area contributed by atoms with Crippen molar-refractivity contribution >= 4 is 23.2 Å². The molecule has 5 nitrogen and oxygen atoms in total. The van der Waals surface area contributed by atoms with Crippen LogP contribution in [0, 0.1) is 5.41 Å². The summed E-state index contributed by atoms with van der Waals surface area (Å²) >= 11 is 1.59. The molecule has 112 valence electrons. The average Bonchev–Trinajstić information content (AvgIpc) is 2.86. The van der Waals surface area contributed by atoms with E-state index in [-0.39, 0.29) is 30.6 Å². The standard InChI is InChI=1S/C14H21NO4S/c1-14(2,3)13(10-6-5-7-20-10)15-11(16)8-19-12(17)9-18-4/h5-7,13H,8-9H2,1-4H3,(H,15,16)/t13-/m1/s1. The van der Waals surface area contributed by atoms with E-state index < -0.39 is 5.97 Å². The average molecular weight is 299 g/mol. The number of esters is 1. The molecule has 1 amide bonds. The van der Waals surface area contributed by atoms with E-state index in [2.05, 4.69) is 30.8 Å². The lowest BCUT2D eigenvalue weighted by molar-refractivity contribution is -0.152. The van der Waals surface area contributed by atoms with Crippen LogP contribution in [0.25, 0.3) is 0 Å². The van der Waals surface area contributed by atoms with Crippen LogP contribution in [0.3, 0.4) is 0 Å². The highest BCUT2D eigenvalue weighted by Crippen LogP contribution is 2.34. The van der Waals surface area contributed by atoms with Gasteiger partial charge < -0.3 is 14.8 Å². The van der Waals surface area contributed by atoms with Crippen molar-refractivity contribution in [2.45, 2.75) is 26.8 Å². The molecule has 0 unspecified atom stereocenters. The Kier molecular flexibility index (Phi) is 6.16. The number of hydrogen-bond donors (Lipinski definition) is 1. The maximum absolute atomic E-state index is 11.9. The van der Waals surface area contributed by atoms with Crippen LogP contribution < -0.4 is 5.32 Å². The third-order valence-electron chi connectivity index (χ3n) is 2.63. The molecule has 0 aliphatic heterocycles. The van der Waals surface area contributed by atoms with E-state index in [0.717, 1.165) is 4.88 Å². The minimum atomic E-state index is -0.550. The lowest BCUT2D eigenvalue weighted by Crippen LogP contribution is -2.38. The van der Waals surface area contributed by atoms with E-state index in [4.69, 9.17) is 4.74 Å². The van der Waals surface area contributed by atoms with Crippen molar-refractivity contribution in [3.05, 3.63) is 22.4 Å². The highest BCUT2D eigenvalue weighted by Gasteiger charge is 2.28. The van der Waals surface area contributed by atoms with Crippen LogP contribution in [0.4, 0.5) is 0 Å². The van der Waals surface area contributed by atoms with Crippen molar-refractivity contribution in [1.29, 1.82) is 0 Å². The third kappa shape index (κ3) is 5.30. The summed E-state index contributed by atoms with van der Waals surface area (Å²) in [6.07, 6.45) is 0. The van der Waals surface area contributed by atoms with Gasteiger partial charge in [0.15, 0.2) is 6.61 Å². The molecule has 0 aliphatic carbocycles. The molecule has 1 aromatic heterocycles. The number of carbonyl (C=O) groups excluding carboxylic acids is 2. The van der Waals surface area contributed by atoms with Gasteiger partial charge in [-0.3, -0.25) is 4.79 Å². The Hall–Kier alpha value is -1.40. The van der Waals surface area contributed by atoms with E-state index in [1.165, 1.54) is 7.11 Å². The number of nitrogens with one attached hydrogen (secondary N) is 1. The molecule has 0 saturated carbocycles. The monoisotopic (exact) mass is 299 g/mol. The van der Waals surface area contributed by atoms with Gasteiger partial charge in [0.05, 0.1) is 6.04 Å². The van der Waals surface area contributed by atoms with Gasteiger partial charge in [0.25, 0.3) is 5.91 Å². The molecule has 0 spiro atoms. The van der Waals surface area contributed by atoms with Crippen LogP contribution in [-0.4, -0.2) is 32.2 Å². The minimum absolute atomic E-state index is 0.115. The summed E-state index contributed by atoms with van der Waals surface area (Å²) in [6.45, 7) is 5.71. The molecule has 1 heterocycles. The molecule has 0 radical (unpaired) electrons. The molecule has 0 saturated heterocycles. The third-order valence-corrected chi connectivity index (χ3v) is 3.56. The van der Waals surface area contributed by atoms with Gasteiger partial charge in [-0.25, -0.2) is 4.79 Å². The molecule has 0 aliphatic rings. The fourth-order valence-electron chi connectivity index (χ4n) is 1.68. The predicted octanol–water partition coefficient (Wildman–Crippen LogP) is 2.14. The van der Waals surface area contributed by atoms with Gasteiger partial charge in [-0.2, -0.15) is 0 Å². The Balaban J connectivity index is 2.58. The second-order valence-corrected chi connectivity index (χ2v) is 6.45. The largest absolute Gasteiger partial charge is 0.454 e. The van der Waals surface area contributed by atoms with E-state index in [0.29, 0.717) is 0 Å². The zero-order valence-corrected chi connectivity index (χ0v) is 13.1. The molecule has 20 heavy (non-hydrogen) atoms. The summed E-state index contributed by atoms with van der Waals surface area (Å²) < 4.78 is 9.43. The second kappa shape index (κ2) is 7.40. The van der Waals surface area contributed by atoms with Gasteiger partial charge >= 0.3 is 5.97 Å². The summed E-state index contributed by atoms with van der Waals surface area (Å²) in [5, 5.41) is 4.88. The molecule has 0 bridgehead atoms.